The molecule has 0 atom stereocenters. The lowest BCUT2D eigenvalue weighted by Gasteiger charge is -2.31. The van der Waals surface area contributed by atoms with Crippen molar-refractivity contribution in [3.8, 4) is 5.75 Å². The average molecular weight is 404 g/mol. The quantitative estimate of drug-likeness (QED) is 0.717. The molecule has 3 rings (SSSR count). The van der Waals surface area contributed by atoms with Gasteiger partial charge in [0, 0.05) is 25.7 Å². The lowest BCUT2D eigenvalue weighted by Crippen LogP contribution is -2.40. The number of hydrogen-bond acceptors (Lipinski definition) is 5. The molecule has 0 radical (unpaired) electrons. The molecule has 1 saturated heterocycles. The zero-order chi connectivity index (χ0) is 20.0. The van der Waals surface area contributed by atoms with Gasteiger partial charge in [0.1, 0.15) is 11.5 Å². The van der Waals surface area contributed by atoms with Crippen LogP contribution in [0.1, 0.15) is 18.6 Å². The number of piperidine rings is 1. The molecule has 150 valence electrons. The highest BCUT2D eigenvalue weighted by Crippen LogP contribution is 2.19. The van der Waals surface area contributed by atoms with Gasteiger partial charge in [0.05, 0.1) is 18.3 Å². The number of hydrogen-bond donors (Lipinski definition) is 1. The number of furan rings is 1. The van der Waals surface area contributed by atoms with E-state index in [1.54, 1.807) is 41.5 Å². The van der Waals surface area contributed by atoms with Crippen LogP contribution in [0.5, 0.6) is 5.75 Å². The van der Waals surface area contributed by atoms with Gasteiger partial charge < -0.3 is 14.1 Å². The fourth-order valence-electron chi connectivity index (χ4n) is 3.07. The highest BCUT2D eigenvalue weighted by Gasteiger charge is 2.23. The number of sulfonamides is 1. The van der Waals surface area contributed by atoms with E-state index in [1.165, 1.54) is 25.3 Å². The summed E-state index contributed by atoms with van der Waals surface area (Å²) in [4.78, 5) is 14.2. The molecular weight excluding hydrogens is 380 g/mol. The zero-order valence-corrected chi connectivity index (χ0v) is 16.5. The van der Waals surface area contributed by atoms with Crippen LogP contribution >= 0.6 is 0 Å². The third-order valence-electron chi connectivity index (χ3n) is 4.79. The van der Waals surface area contributed by atoms with Gasteiger partial charge in [-0.3, -0.25) is 4.79 Å². The van der Waals surface area contributed by atoms with Crippen molar-refractivity contribution < 1.29 is 22.4 Å². The van der Waals surface area contributed by atoms with Gasteiger partial charge in [-0.05, 0) is 61.2 Å². The Balaban J connectivity index is 1.46. The van der Waals surface area contributed by atoms with Crippen molar-refractivity contribution in [2.75, 3.05) is 26.7 Å². The normalized spacial score (nSPS) is 15.8. The number of amides is 1. The number of likely N-dealkylation sites (tertiary alicyclic amines) is 1. The number of nitrogens with one attached hydrogen (secondary N) is 1. The summed E-state index contributed by atoms with van der Waals surface area (Å²) in [5.41, 5.74) is 0. The standard InChI is InChI=1S/C20H24N2O5S/c1-26-17-4-7-19(8-5-17)28(24,25)21-15-16-10-12-22(13-11-16)20(23)9-6-18-3-2-14-27-18/h2-9,14,16,21H,10-13,15H2,1H3/b9-6+. The summed E-state index contributed by atoms with van der Waals surface area (Å²) in [7, 11) is -2.02. The number of carbonyl (C=O) groups is 1. The summed E-state index contributed by atoms with van der Waals surface area (Å²) >= 11 is 0. The fraction of sp³-hybridized carbons (Fsp3) is 0.350. The van der Waals surface area contributed by atoms with Crippen LogP contribution in [0.4, 0.5) is 0 Å². The maximum absolute atomic E-state index is 12.4. The van der Waals surface area contributed by atoms with E-state index in [0.29, 0.717) is 31.1 Å². The molecule has 7 nitrogen and oxygen atoms in total. The largest absolute Gasteiger partial charge is 0.497 e. The molecule has 2 heterocycles. The molecule has 0 saturated carbocycles. The Labute approximate surface area is 165 Å². The van der Waals surface area contributed by atoms with E-state index in [1.807, 2.05) is 0 Å². The van der Waals surface area contributed by atoms with Crippen LogP contribution in [-0.2, 0) is 14.8 Å². The molecule has 1 aromatic carbocycles. The van der Waals surface area contributed by atoms with Crippen LogP contribution in [0.15, 0.2) is 58.1 Å². The van der Waals surface area contributed by atoms with Crippen LogP contribution in [0.2, 0.25) is 0 Å². The molecule has 2 aromatic rings. The number of carbonyl (C=O) groups excluding carboxylic acids is 1. The van der Waals surface area contributed by atoms with Crippen LogP contribution in [0.25, 0.3) is 6.08 Å². The Kier molecular flexibility index (Phi) is 6.53. The van der Waals surface area contributed by atoms with Crippen molar-refractivity contribution in [2.24, 2.45) is 5.92 Å². The number of nitrogens with zero attached hydrogens (tertiary/aromatic N) is 1. The monoisotopic (exact) mass is 404 g/mol. The topological polar surface area (TPSA) is 88.9 Å². The molecule has 1 aliphatic rings. The summed E-state index contributed by atoms with van der Waals surface area (Å²) in [5.74, 6) is 1.38. The summed E-state index contributed by atoms with van der Waals surface area (Å²) in [6, 6.07) is 9.83. The van der Waals surface area contributed by atoms with Gasteiger partial charge in [0.25, 0.3) is 0 Å². The van der Waals surface area contributed by atoms with Gasteiger partial charge in [-0.15, -0.1) is 0 Å². The van der Waals surface area contributed by atoms with Gasteiger partial charge in [0.15, 0.2) is 0 Å². The third-order valence-corrected chi connectivity index (χ3v) is 6.23. The lowest BCUT2D eigenvalue weighted by molar-refractivity contribution is -0.127. The van der Waals surface area contributed by atoms with E-state index >= 15 is 0 Å². The summed E-state index contributed by atoms with van der Waals surface area (Å²) in [6.45, 7) is 1.57. The van der Waals surface area contributed by atoms with E-state index in [0.717, 1.165) is 12.8 Å². The van der Waals surface area contributed by atoms with E-state index < -0.39 is 10.0 Å². The second kappa shape index (κ2) is 9.07. The van der Waals surface area contributed by atoms with Gasteiger partial charge in [-0.25, -0.2) is 13.1 Å². The molecule has 0 bridgehead atoms. The minimum Gasteiger partial charge on any atom is -0.497 e. The first-order chi connectivity index (χ1) is 13.5. The SMILES string of the molecule is COc1ccc(S(=O)(=O)NCC2CCN(C(=O)/C=C/c3ccco3)CC2)cc1. The highest BCUT2D eigenvalue weighted by molar-refractivity contribution is 7.89. The Bertz CT molecular complexity index is 897. The summed E-state index contributed by atoms with van der Waals surface area (Å²) < 4.78 is 37.7. The predicted molar refractivity (Wildman–Crippen MR) is 105 cm³/mol. The number of methoxy groups -OCH3 is 1. The molecular formula is C20H24N2O5S. The summed E-state index contributed by atoms with van der Waals surface area (Å²) in [5, 5.41) is 0. The molecule has 8 heteroatoms. The van der Waals surface area contributed by atoms with Crippen molar-refractivity contribution in [3.05, 3.63) is 54.5 Å². The third kappa shape index (κ3) is 5.24. The first-order valence-corrected chi connectivity index (χ1v) is 10.6. The second-order valence-electron chi connectivity index (χ2n) is 6.64. The Morgan fingerprint density at radius 3 is 2.57 bits per heavy atom. The molecule has 1 aliphatic heterocycles. The maximum atomic E-state index is 12.4. The van der Waals surface area contributed by atoms with E-state index in [4.69, 9.17) is 9.15 Å². The van der Waals surface area contributed by atoms with E-state index in [2.05, 4.69) is 4.72 Å². The molecule has 0 aliphatic carbocycles. The lowest BCUT2D eigenvalue weighted by atomic mass is 9.97. The fourth-order valence-corrected chi connectivity index (χ4v) is 4.18. The van der Waals surface area contributed by atoms with Gasteiger partial charge in [-0.2, -0.15) is 0 Å². The Morgan fingerprint density at radius 2 is 1.96 bits per heavy atom. The molecule has 1 N–H and O–H groups in total. The number of benzene rings is 1. The average Bonchev–Trinajstić information content (AvgIpc) is 3.24. The summed E-state index contributed by atoms with van der Waals surface area (Å²) in [6.07, 6.45) is 6.22. The van der Waals surface area contributed by atoms with Gasteiger partial charge in [0.2, 0.25) is 15.9 Å². The predicted octanol–water partition coefficient (Wildman–Crippen LogP) is 2.52. The van der Waals surface area contributed by atoms with Crippen LogP contribution in [0, 0.1) is 5.92 Å². The zero-order valence-electron chi connectivity index (χ0n) is 15.7. The van der Waals surface area contributed by atoms with Crippen LogP contribution in [-0.4, -0.2) is 46.0 Å². The first kappa shape index (κ1) is 20.2. The smallest absolute Gasteiger partial charge is 0.246 e. The minimum absolute atomic E-state index is 0.0614. The van der Waals surface area contributed by atoms with E-state index in [-0.39, 0.29) is 16.7 Å². The number of rotatable bonds is 7. The molecule has 1 fully saturated rings. The molecule has 1 aromatic heterocycles. The van der Waals surface area contributed by atoms with Crippen molar-refractivity contribution in [1.29, 1.82) is 0 Å². The van der Waals surface area contributed by atoms with Crippen molar-refractivity contribution in [2.45, 2.75) is 17.7 Å². The van der Waals surface area contributed by atoms with Crippen LogP contribution in [0.3, 0.4) is 0 Å². The first-order valence-electron chi connectivity index (χ1n) is 9.12. The minimum atomic E-state index is -3.56. The van der Waals surface area contributed by atoms with Gasteiger partial charge in [-0.1, -0.05) is 0 Å². The van der Waals surface area contributed by atoms with Crippen molar-refractivity contribution in [1.82, 2.24) is 9.62 Å². The molecule has 0 unspecified atom stereocenters. The molecule has 1 amide bonds. The second-order valence-corrected chi connectivity index (χ2v) is 8.41. The Hall–Kier alpha value is -2.58. The molecule has 0 spiro atoms. The molecule has 28 heavy (non-hydrogen) atoms. The van der Waals surface area contributed by atoms with Gasteiger partial charge >= 0.3 is 0 Å². The van der Waals surface area contributed by atoms with Crippen molar-refractivity contribution in [3.63, 3.8) is 0 Å². The maximum Gasteiger partial charge on any atom is 0.246 e. The van der Waals surface area contributed by atoms with Crippen LogP contribution < -0.4 is 9.46 Å². The highest BCUT2D eigenvalue weighted by atomic mass is 32.2. The number of ether oxygens (including phenoxy) is 1. The van der Waals surface area contributed by atoms with Crippen molar-refractivity contribution >= 4 is 22.0 Å². The van der Waals surface area contributed by atoms with E-state index in [9.17, 15) is 13.2 Å². The Morgan fingerprint density at radius 1 is 1.25 bits per heavy atom.